The lowest BCUT2D eigenvalue weighted by molar-refractivity contribution is -0.120. The van der Waals surface area contributed by atoms with E-state index in [1.807, 2.05) is 38.1 Å². The van der Waals surface area contributed by atoms with E-state index in [2.05, 4.69) is 11.9 Å². The van der Waals surface area contributed by atoms with Crippen molar-refractivity contribution in [2.45, 2.75) is 53.5 Å². The summed E-state index contributed by atoms with van der Waals surface area (Å²) in [5, 5.41) is 0. The fourth-order valence-corrected chi connectivity index (χ4v) is 2.81. The van der Waals surface area contributed by atoms with Crippen molar-refractivity contribution in [1.29, 1.82) is 0 Å². The molecule has 0 amide bonds. The third-order valence-electron chi connectivity index (χ3n) is 4.43. The van der Waals surface area contributed by atoms with Crippen molar-refractivity contribution < 1.29 is 9.53 Å². The molecule has 0 saturated heterocycles. The summed E-state index contributed by atoms with van der Waals surface area (Å²) in [6, 6.07) is 9.34. The van der Waals surface area contributed by atoms with E-state index in [1.165, 1.54) is 0 Å². The topological polar surface area (TPSA) is 61.2 Å². The highest BCUT2D eigenvalue weighted by atomic mass is 16.5. The van der Waals surface area contributed by atoms with Crippen molar-refractivity contribution in [3.63, 3.8) is 0 Å². The Bertz CT molecular complexity index is 794. The van der Waals surface area contributed by atoms with Gasteiger partial charge in [0.25, 0.3) is 5.56 Å². The maximum absolute atomic E-state index is 12.2. The van der Waals surface area contributed by atoms with Crippen molar-refractivity contribution in [2.75, 3.05) is 6.61 Å². The van der Waals surface area contributed by atoms with Crippen LogP contribution in [0.3, 0.4) is 0 Å². The summed E-state index contributed by atoms with van der Waals surface area (Å²) < 4.78 is 7.48. The second-order valence-electron chi connectivity index (χ2n) is 6.76. The molecule has 0 radical (unpaired) electrons. The van der Waals surface area contributed by atoms with Crippen molar-refractivity contribution >= 4 is 5.78 Å². The van der Waals surface area contributed by atoms with Gasteiger partial charge < -0.3 is 4.74 Å². The average Bonchev–Trinajstić information content (AvgIpc) is 2.58. The van der Waals surface area contributed by atoms with Gasteiger partial charge >= 0.3 is 0 Å². The third-order valence-corrected chi connectivity index (χ3v) is 4.43. The van der Waals surface area contributed by atoms with Gasteiger partial charge in [-0.3, -0.25) is 14.2 Å². The molecule has 0 aliphatic carbocycles. The minimum atomic E-state index is -0.0295. The molecule has 1 unspecified atom stereocenters. The Morgan fingerprint density at radius 2 is 1.96 bits per heavy atom. The van der Waals surface area contributed by atoms with Crippen molar-refractivity contribution in [1.82, 2.24) is 9.55 Å². The number of aromatic nitrogens is 2. The molecule has 1 aromatic carbocycles. The number of aryl methyl sites for hydroxylation is 2. The molecule has 140 valence electrons. The van der Waals surface area contributed by atoms with Gasteiger partial charge in [-0.25, -0.2) is 4.98 Å². The summed E-state index contributed by atoms with van der Waals surface area (Å²) in [5.74, 6) is 1.80. The van der Waals surface area contributed by atoms with Crippen LogP contribution in [0, 0.1) is 12.8 Å². The zero-order chi connectivity index (χ0) is 19.1. The van der Waals surface area contributed by atoms with E-state index in [9.17, 15) is 9.59 Å². The quantitative estimate of drug-likeness (QED) is 0.691. The number of hydrogen-bond acceptors (Lipinski definition) is 4. The molecular formula is C21H28N2O3. The molecule has 1 aromatic heterocycles. The predicted octanol–water partition coefficient (Wildman–Crippen LogP) is 3.35. The van der Waals surface area contributed by atoms with Gasteiger partial charge in [-0.05, 0) is 44.4 Å². The van der Waals surface area contributed by atoms with Gasteiger partial charge in [-0.15, -0.1) is 0 Å². The molecule has 2 rings (SSSR count). The molecule has 1 heterocycles. The molecule has 0 fully saturated rings. The number of rotatable bonds is 9. The number of Topliss-reactive ketones (excluding diaryl/α,β-unsaturated/α-hetero) is 1. The zero-order valence-electron chi connectivity index (χ0n) is 16.1. The van der Waals surface area contributed by atoms with Gasteiger partial charge in [-0.1, -0.05) is 26.0 Å². The molecule has 0 spiro atoms. The second kappa shape index (κ2) is 9.32. The van der Waals surface area contributed by atoms with Gasteiger partial charge in [0.1, 0.15) is 24.0 Å². The molecule has 26 heavy (non-hydrogen) atoms. The Morgan fingerprint density at radius 1 is 1.27 bits per heavy atom. The molecule has 0 aliphatic rings. The number of ether oxygens (including phenoxy) is 1. The summed E-state index contributed by atoms with van der Waals surface area (Å²) in [5.41, 5.74) is 1.84. The summed E-state index contributed by atoms with van der Waals surface area (Å²) in [6.07, 6.45) is 2.46. The molecule has 1 atom stereocenters. The lowest BCUT2D eigenvalue weighted by atomic mass is 9.98. The van der Waals surface area contributed by atoms with E-state index in [0.717, 1.165) is 42.1 Å². The highest BCUT2D eigenvalue weighted by molar-refractivity contribution is 5.78. The number of carbonyl (C=O) groups excluding carboxylic acids is 1. The Balaban J connectivity index is 1.96. The van der Waals surface area contributed by atoms with Gasteiger partial charge in [0.2, 0.25) is 0 Å². The summed E-state index contributed by atoms with van der Waals surface area (Å²) in [4.78, 5) is 28.1. The zero-order valence-corrected chi connectivity index (χ0v) is 16.1. The molecule has 0 bridgehead atoms. The number of ketones is 1. The largest absolute Gasteiger partial charge is 0.492 e. The molecule has 0 saturated carbocycles. The molecule has 5 nitrogen and oxygen atoms in total. The van der Waals surface area contributed by atoms with Crippen LogP contribution < -0.4 is 10.3 Å². The van der Waals surface area contributed by atoms with Crippen molar-refractivity contribution in [2.24, 2.45) is 5.92 Å². The molecule has 5 heteroatoms. The summed E-state index contributed by atoms with van der Waals surface area (Å²) in [6.45, 7) is 8.36. The van der Waals surface area contributed by atoms with Gasteiger partial charge in [0.05, 0.1) is 6.54 Å². The fraction of sp³-hybridized carbons (Fsp3) is 0.476. The first-order chi connectivity index (χ1) is 12.4. The molecule has 0 N–H and O–H groups in total. The molecular weight excluding hydrogens is 328 g/mol. The number of nitrogens with zero attached hydrogens (tertiary/aromatic N) is 2. The highest BCUT2D eigenvalue weighted by Gasteiger charge is 2.09. The van der Waals surface area contributed by atoms with Crippen LogP contribution in [0.15, 0.2) is 35.1 Å². The maximum atomic E-state index is 12.2. The Hall–Kier alpha value is -2.43. The minimum absolute atomic E-state index is 0.0275. The van der Waals surface area contributed by atoms with E-state index in [1.54, 1.807) is 17.6 Å². The first-order valence-corrected chi connectivity index (χ1v) is 9.20. The van der Waals surface area contributed by atoms with E-state index < -0.39 is 0 Å². The third kappa shape index (κ3) is 5.55. The average molecular weight is 356 g/mol. The first kappa shape index (κ1) is 19.9. The van der Waals surface area contributed by atoms with Crippen molar-refractivity contribution in [3.05, 3.63) is 57.8 Å². The number of carbonyl (C=O) groups is 1. The van der Waals surface area contributed by atoms with Crippen LogP contribution in [0.2, 0.25) is 0 Å². The van der Waals surface area contributed by atoms with Gasteiger partial charge in [-0.2, -0.15) is 0 Å². The lowest BCUT2D eigenvalue weighted by Gasteiger charge is -2.13. The number of benzene rings is 1. The maximum Gasteiger partial charge on any atom is 0.253 e. The van der Waals surface area contributed by atoms with Crippen LogP contribution in [0.5, 0.6) is 5.75 Å². The smallest absolute Gasteiger partial charge is 0.253 e. The van der Waals surface area contributed by atoms with Crippen LogP contribution >= 0.6 is 0 Å². The van der Waals surface area contributed by atoms with Crippen LogP contribution in [0.25, 0.3) is 0 Å². The molecule has 2 aromatic rings. The molecule has 0 aliphatic heterocycles. The Kier molecular flexibility index (Phi) is 7.13. The van der Waals surface area contributed by atoms with E-state index in [-0.39, 0.29) is 17.3 Å². The van der Waals surface area contributed by atoms with Crippen LogP contribution in [-0.4, -0.2) is 21.9 Å². The normalized spacial score (nSPS) is 12.0. The lowest BCUT2D eigenvalue weighted by Crippen LogP contribution is -2.27. The Labute approximate surface area is 155 Å². The standard InChI is InChI=1S/C21H28N2O3/c1-5-6-20-22-16(3)14-21(25)23(20)11-12-26-19-9-7-18(8-10-19)13-15(2)17(4)24/h7-10,14-15H,5-6,11-13H2,1-4H3. The minimum Gasteiger partial charge on any atom is -0.492 e. The van der Waals surface area contributed by atoms with E-state index in [0.29, 0.717) is 13.2 Å². The van der Waals surface area contributed by atoms with Crippen LogP contribution in [0.4, 0.5) is 0 Å². The fourth-order valence-electron chi connectivity index (χ4n) is 2.81. The van der Waals surface area contributed by atoms with E-state index in [4.69, 9.17) is 4.74 Å². The SMILES string of the molecule is CCCc1nc(C)cc(=O)n1CCOc1ccc(CC(C)C(C)=O)cc1. The van der Waals surface area contributed by atoms with Gasteiger partial charge in [0, 0.05) is 24.1 Å². The van der Waals surface area contributed by atoms with Crippen LogP contribution in [-0.2, 0) is 24.2 Å². The second-order valence-corrected chi connectivity index (χ2v) is 6.76. The van der Waals surface area contributed by atoms with E-state index >= 15 is 0 Å². The summed E-state index contributed by atoms with van der Waals surface area (Å²) in [7, 11) is 0. The first-order valence-electron chi connectivity index (χ1n) is 9.20. The summed E-state index contributed by atoms with van der Waals surface area (Å²) >= 11 is 0. The monoisotopic (exact) mass is 356 g/mol. The van der Waals surface area contributed by atoms with Gasteiger partial charge in [0.15, 0.2) is 0 Å². The highest BCUT2D eigenvalue weighted by Crippen LogP contribution is 2.15. The predicted molar refractivity (Wildman–Crippen MR) is 103 cm³/mol. The van der Waals surface area contributed by atoms with Crippen LogP contribution in [0.1, 0.15) is 44.3 Å². The Morgan fingerprint density at radius 3 is 2.58 bits per heavy atom. The van der Waals surface area contributed by atoms with Crippen molar-refractivity contribution in [3.8, 4) is 5.75 Å². The number of hydrogen-bond donors (Lipinski definition) is 0.